The Labute approximate surface area is 145 Å². The van der Waals surface area contributed by atoms with Crippen molar-refractivity contribution in [1.82, 2.24) is 5.32 Å². The average Bonchev–Trinajstić information content (AvgIpc) is 2.66. The van der Waals surface area contributed by atoms with Gasteiger partial charge in [0.15, 0.2) is 9.84 Å². The fourth-order valence-electron chi connectivity index (χ4n) is 2.43. The van der Waals surface area contributed by atoms with Crippen LogP contribution < -0.4 is 5.32 Å². The Bertz CT molecular complexity index is 707. The number of rotatable bonds is 5. The smallest absolute Gasteiger partial charge is 0.400 e. The molecular formula is C17H26BNO4S. The molecule has 7 heteroatoms. The first-order valence-electron chi connectivity index (χ1n) is 7.97. The molecule has 0 spiro atoms. The summed E-state index contributed by atoms with van der Waals surface area (Å²) in [5, 5.41) is 3.13. The van der Waals surface area contributed by atoms with Crippen LogP contribution in [-0.2, 0) is 19.1 Å². The molecule has 1 aromatic rings. The molecule has 2 rings (SSSR count). The highest BCUT2D eigenvalue weighted by molar-refractivity contribution is 7.90. The second-order valence-corrected chi connectivity index (χ2v) is 9.19. The Morgan fingerprint density at radius 1 is 1.12 bits per heavy atom. The number of hydrogen-bond acceptors (Lipinski definition) is 5. The van der Waals surface area contributed by atoms with Crippen molar-refractivity contribution in [3.63, 3.8) is 0 Å². The predicted molar refractivity (Wildman–Crippen MR) is 97.5 cm³/mol. The van der Waals surface area contributed by atoms with E-state index < -0.39 is 28.2 Å². The maximum atomic E-state index is 11.6. The van der Waals surface area contributed by atoms with Crippen molar-refractivity contribution < 1.29 is 17.7 Å². The van der Waals surface area contributed by atoms with E-state index in [1.165, 1.54) is 6.26 Å². The van der Waals surface area contributed by atoms with Gasteiger partial charge in [-0.1, -0.05) is 18.2 Å². The quantitative estimate of drug-likeness (QED) is 0.825. The van der Waals surface area contributed by atoms with Crippen LogP contribution in [0.2, 0.25) is 0 Å². The lowest BCUT2D eigenvalue weighted by atomic mass is 9.77. The molecule has 1 heterocycles. The highest BCUT2D eigenvalue weighted by Gasteiger charge is 2.52. The summed E-state index contributed by atoms with van der Waals surface area (Å²) in [7, 11) is -1.75. The van der Waals surface area contributed by atoms with Crippen molar-refractivity contribution in [1.29, 1.82) is 0 Å². The summed E-state index contributed by atoms with van der Waals surface area (Å²) in [5.74, 6) is 0. The van der Waals surface area contributed by atoms with E-state index in [9.17, 15) is 8.42 Å². The van der Waals surface area contributed by atoms with E-state index in [4.69, 9.17) is 9.31 Å². The van der Waals surface area contributed by atoms with Crippen molar-refractivity contribution in [3.05, 3.63) is 35.3 Å². The summed E-state index contributed by atoms with van der Waals surface area (Å²) < 4.78 is 35.3. The average molecular weight is 351 g/mol. The van der Waals surface area contributed by atoms with Gasteiger partial charge in [0.05, 0.1) is 16.1 Å². The Morgan fingerprint density at radius 2 is 1.62 bits per heavy atom. The molecule has 1 aliphatic rings. The first-order valence-corrected chi connectivity index (χ1v) is 9.86. The maximum Gasteiger partial charge on any atom is 0.491 e. The predicted octanol–water partition coefficient (Wildman–Crippen LogP) is 2.32. The number of nitrogens with one attached hydrogen (secondary N) is 1. The van der Waals surface area contributed by atoms with E-state index >= 15 is 0 Å². The van der Waals surface area contributed by atoms with Gasteiger partial charge in [-0.05, 0) is 57.9 Å². The highest BCUT2D eigenvalue weighted by Crippen LogP contribution is 2.38. The van der Waals surface area contributed by atoms with Crippen molar-refractivity contribution in [3.8, 4) is 0 Å². The zero-order valence-electron chi connectivity index (χ0n) is 15.2. The van der Waals surface area contributed by atoms with Gasteiger partial charge in [-0.3, -0.25) is 0 Å². The third-order valence-corrected chi connectivity index (χ3v) is 5.73. The molecule has 0 atom stereocenters. The van der Waals surface area contributed by atoms with Gasteiger partial charge in [0.2, 0.25) is 0 Å². The largest absolute Gasteiger partial charge is 0.491 e. The lowest BCUT2D eigenvalue weighted by Crippen LogP contribution is -2.41. The van der Waals surface area contributed by atoms with Gasteiger partial charge >= 0.3 is 7.12 Å². The molecule has 5 nitrogen and oxygen atoms in total. The van der Waals surface area contributed by atoms with Crippen LogP contribution in [0.3, 0.4) is 0 Å². The fourth-order valence-corrected chi connectivity index (χ4v) is 3.06. The topological polar surface area (TPSA) is 64.6 Å². The molecule has 0 saturated carbocycles. The number of sulfone groups is 1. The van der Waals surface area contributed by atoms with Gasteiger partial charge < -0.3 is 14.6 Å². The summed E-state index contributed by atoms with van der Waals surface area (Å²) in [6, 6.07) is 6.80. The van der Waals surface area contributed by atoms with E-state index in [0.29, 0.717) is 11.4 Å². The Kier molecular flexibility index (Phi) is 5.30. The van der Waals surface area contributed by atoms with E-state index in [0.717, 1.165) is 11.0 Å². The van der Waals surface area contributed by atoms with Gasteiger partial charge in [0.25, 0.3) is 0 Å². The lowest BCUT2D eigenvalue weighted by molar-refractivity contribution is 0.00578. The molecule has 0 aliphatic carbocycles. The van der Waals surface area contributed by atoms with E-state index in [1.54, 1.807) is 24.3 Å². The van der Waals surface area contributed by atoms with Crippen LogP contribution in [0.4, 0.5) is 0 Å². The van der Waals surface area contributed by atoms with Gasteiger partial charge in [-0.25, -0.2) is 8.42 Å². The summed E-state index contributed by atoms with van der Waals surface area (Å²) in [6.45, 7) is 8.69. The lowest BCUT2D eigenvalue weighted by Gasteiger charge is -2.32. The van der Waals surface area contributed by atoms with Crippen molar-refractivity contribution in [2.24, 2.45) is 0 Å². The molecule has 1 aliphatic heterocycles. The van der Waals surface area contributed by atoms with Gasteiger partial charge in [-0.15, -0.1) is 0 Å². The van der Waals surface area contributed by atoms with Crippen LogP contribution in [0.15, 0.2) is 34.6 Å². The minimum atomic E-state index is -3.19. The Balaban J connectivity index is 2.30. The summed E-state index contributed by atoms with van der Waals surface area (Å²) >= 11 is 0. The van der Waals surface area contributed by atoms with Crippen LogP contribution in [0.25, 0.3) is 6.08 Å². The van der Waals surface area contributed by atoms with Gasteiger partial charge in [0, 0.05) is 12.8 Å². The number of hydrogen-bond donors (Lipinski definition) is 1. The van der Waals surface area contributed by atoms with Crippen molar-refractivity contribution >= 4 is 23.0 Å². The third-order valence-electron chi connectivity index (χ3n) is 4.60. The maximum absolute atomic E-state index is 11.6. The molecular weight excluding hydrogens is 325 g/mol. The van der Waals surface area contributed by atoms with Crippen LogP contribution in [0.1, 0.15) is 33.3 Å². The second-order valence-electron chi connectivity index (χ2n) is 7.18. The molecule has 0 unspecified atom stereocenters. The highest BCUT2D eigenvalue weighted by atomic mass is 32.2. The van der Waals surface area contributed by atoms with Crippen molar-refractivity contribution in [2.75, 3.05) is 19.8 Å². The molecule has 0 amide bonds. The molecule has 24 heavy (non-hydrogen) atoms. The standard InChI is InChI=1S/C17H26BNO4S/c1-16(2)17(3,4)23-18(22-16)14(12-19-5)11-13-7-9-15(10-8-13)24(6,20)21/h7-11,19H,12H2,1-6H3. The Hall–Kier alpha value is -1.15. The fraction of sp³-hybridized carbons (Fsp3) is 0.529. The second kappa shape index (κ2) is 6.63. The molecule has 0 bridgehead atoms. The number of likely N-dealkylation sites (N-methyl/N-ethyl adjacent to an activating group) is 1. The molecule has 0 aromatic heterocycles. The number of benzene rings is 1. The van der Waals surface area contributed by atoms with Gasteiger partial charge in [0.1, 0.15) is 0 Å². The van der Waals surface area contributed by atoms with E-state index in [2.05, 4.69) is 5.32 Å². The summed E-state index contributed by atoms with van der Waals surface area (Å²) in [6.07, 6.45) is 3.18. The minimum Gasteiger partial charge on any atom is -0.400 e. The zero-order valence-corrected chi connectivity index (χ0v) is 16.0. The summed E-state index contributed by atoms with van der Waals surface area (Å²) in [4.78, 5) is 0.311. The molecule has 132 valence electrons. The molecule has 1 aromatic carbocycles. The molecule has 0 radical (unpaired) electrons. The summed E-state index contributed by atoms with van der Waals surface area (Å²) in [5.41, 5.74) is 1.07. The monoisotopic (exact) mass is 351 g/mol. The van der Waals surface area contributed by atoms with Crippen molar-refractivity contribution in [2.45, 2.75) is 43.8 Å². The third kappa shape index (κ3) is 4.09. The van der Waals surface area contributed by atoms with Crippen LogP contribution in [-0.4, -0.2) is 46.6 Å². The molecule has 1 saturated heterocycles. The minimum absolute atomic E-state index is 0.311. The first kappa shape index (κ1) is 19.2. The normalized spacial score (nSPS) is 20.4. The zero-order chi connectivity index (χ0) is 18.2. The molecule has 1 N–H and O–H groups in total. The first-order chi connectivity index (χ1) is 11.0. The molecule has 1 fully saturated rings. The van der Waals surface area contributed by atoms with Crippen LogP contribution in [0.5, 0.6) is 0 Å². The Morgan fingerprint density at radius 3 is 2.04 bits per heavy atom. The van der Waals surface area contributed by atoms with E-state index in [1.807, 2.05) is 40.8 Å². The van der Waals surface area contributed by atoms with Gasteiger partial charge in [-0.2, -0.15) is 0 Å². The van der Waals surface area contributed by atoms with Crippen LogP contribution >= 0.6 is 0 Å². The van der Waals surface area contributed by atoms with E-state index in [-0.39, 0.29) is 0 Å². The SMILES string of the molecule is CNCC(=Cc1ccc(S(C)(=O)=O)cc1)B1OC(C)(C)C(C)(C)O1. The van der Waals surface area contributed by atoms with Crippen LogP contribution in [0, 0.1) is 0 Å².